The average molecular weight is 274 g/mol. The van der Waals surface area contributed by atoms with E-state index in [0.29, 0.717) is 18.0 Å². The van der Waals surface area contributed by atoms with E-state index < -0.39 is 0 Å². The van der Waals surface area contributed by atoms with E-state index >= 15 is 0 Å². The third kappa shape index (κ3) is 3.42. The summed E-state index contributed by atoms with van der Waals surface area (Å²) in [5, 5.41) is 0. The molecule has 0 heterocycles. The van der Waals surface area contributed by atoms with Gasteiger partial charge >= 0.3 is 0 Å². The third-order valence-corrected chi connectivity index (χ3v) is 5.03. The van der Waals surface area contributed by atoms with Crippen LogP contribution in [0.1, 0.15) is 55.3 Å². The van der Waals surface area contributed by atoms with Gasteiger partial charge in [-0.05, 0) is 58.7 Å². The van der Waals surface area contributed by atoms with Crippen molar-refractivity contribution in [3.63, 3.8) is 0 Å². The molecular formula is C18H30N2. The number of nitrogens with zero attached hydrogens (tertiary/aromatic N) is 1. The van der Waals surface area contributed by atoms with Crippen LogP contribution in [0, 0.1) is 19.8 Å². The van der Waals surface area contributed by atoms with Crippen LogP contribution in [0.5, 0.6) is 0 Å². The fourth-order valence-electron chi connectivity index (χ4n) is 3.77. The molecule has 0 spiro atoms. The zero-order valence-electron chi connectivity index (χ0n) is 13.5. The Morgan fingerprint density at radius 2 is 1.75 bits per heavy atom. The Labute approximate surface area is 124 Å². The van der Waals surface area contributed by atoms with Crippen LogP contribution in [0.3, 0.4) is 0 Å². The molecule has 20 heavy (non-hydrogen) atoms. The predicted octanol–water partition coefficient (Wildman–Crippen LogP) is 3.81. The molecule has 1 aliphatic carbocycles. The monoisotopic (exact) mass is 274 g/mol. The predicted molar refractivity (Wildman–Crippen MR) is 86.9 cm³/mol. The molecule has 2 N–H and O–H groups in total. The minimum Gasteiger partial charge on any atom is -0.330 e. The van der Waals surface area contributed by atoms with E-state index in [2.05, 4.69) is 50.9 Å². The van der Waals surface area contributed by atoms with Crippen molar-refractivity contribution in [2.75, 3.05) is 13.6 Å². The van der Waals surface area contributed by atoms with Crippen LogP contribution < -0.4 is 5.73 Å². The van der Waals surface area contributed by atoms with Crippen molar-refractivity contribution in [2.45, 2.75) is 58.5 Å². The van der Waals surface area contributed by atoms with Crippen molar-refractivity contribution in [3.8, 4) is 0 Å². The molecule has 2 nitrogen and oxygen atoms in total. The maximum absolute atomic E-state index is 5.99. The second-order valence-corrected chi connectivity index (χ2v) is 6.61. The second-order valence-electron chi connectivity index (χ2n) is 6.61. The molecule has 0 amide bonds. The molecule has 1 aromatic carbocycles. The molecule has 1 fully saturated rings. The van der Waals surface area contributed by atoms with Gasteiger partial charge in [-0.2, -0.15) is 0 Å². The second kappa shape index (κ2) is 6.73. The maximum Gasteiger partial charge on any atom is 0.0320 e. The van der Waals surface area contributed by atoms with Gasteiger partial charge in [-0.3, -0.25) is 4.90 Å². The number of hydrogen-bond acceptors (Lipinski definition) is 2. The van der Waals surface area contributed by atoms with Gasteiger partial charge in [0.2, 0.25) is 0 Å². The number of aryl methyl sites for hydroxylation is 2. The van der Waals surface area contributed by atoms with Crippen LogP contribution in [-0.4, -0.2) is 24.5 Å². The van der Waals surface area contributed by atoms with E-state index in [1.807, 2.05) is 0 Å². The molecule has 0 aromatic heterocycles. The summed E-state index contributed by atoms with van der Waals surface area (Å²) in [5.74, 6) is 0.669. The molecule has 2 rings (SSSR count). The van der Waals surface area contributed by atoms with E-state index in [0.717, 1.165) is 6.54 Å². The Morgan fingerprint density at radius 3 is 2.35 bits per heavy atom. The van der Waals surface area contributed by atoms with Gasteiger partial charge in [-0.15, -0.1) is 0 Å². The normalized spacial score (nSPS) is 24.9. The van der Waals surface area contributed by atoms with Gasteiger partial charge in [0.25, 0.3) is 0 Å². The molecular weight excluding hydrogens is 244 g/mol. The highest BCUT2D eigenvalue weighted by molar-refractivity contribution is 5.30. The molecule has 3 atom stereocenters. The first-order valence-corrected chi connectivity index (χ1v) is 8.03. The molecule has 0 radical (unpaired) electrons. The van der Waals surface area contributed by atoms with E-state index in [9.17, 15) is 0 Å². The molecule has 3 unspecified atom stereocenters. The minimum absolute atomic E-state index is 0.464. The van der Waals surface area contributed by atoms with E-state index in [1.54, 1.807) is 0 Å². The van der Waals surface area contributed by atoms with Gasteiger partial charge in [-0.25, -0.2) is 0 Å². The molecule has 0 bridgehead atoms. The summed E-state index contributed by atoms with van der Waals surface area (Å²) in [6, 6.07) is 8.01. The van der Waals surface area contributed by atoms with E-state index in [4.69, 9.17) is 5.73 Å². The van der Waals surface area contributed by atoms with Crippen LogP contribution in [0.2, 0.25) is 0 Å². The summed E-state index contributed by atoms with van der Waals surface area (Å²) in [5.41, 5.74) is 10.1. The van der Waals surface area contributed by atoms with Gasteiger partial charge in [-0.1, -0.05) is 42.2 Å². The highest BCUT2D eigenvalue weighted by Gasteiger charge is 2.30. The lowest BCUT2D eigenvalue weighted by atomic mass is 9.83. The largest absolute Gasteiger partial charge is 0.330 e. The summed E-state index contributed by atoms with van der Waals surface area (Å²) >= 11 is 0. The van der Waals surface area contributed by atoms with Crippen LogP contribution in [0.4, 0.5) is 0 Å². The number of nitrogens with two attached hydrogens (primary N) is 1. The van der Waals surface area contributed by atoms with Crippen molar-refractivity contribution in [1.82, 2.24) is 4.90 Å². The lowest BCUT2D eigenvalue weighted by molar-refractivity contribution is 0.0989. The Hall–Kier alpha value is -0.860. The highest BCUT2D eigenvalue weighted by atomic mass is 15.2. The Balaban J connectivity index is 2.16. The SMILES string of the molecule is Cc1cc(C)cc(C(C)N(C)C2CCCCC2CN)c1. The smallest absolute Gasteiger partial charge is 0.0320 e. The topological polar surface area (TPSA) is 29.3 Å². The van der Waals surface area contributed by atoms with Crippen LogP contribution in [0.25, 0.3) is 0 Å². The Bertz CT molecular complexity index is 421. The van der Waals surface area contributed by atoms with Crippen molar-refractivity contribution in [1.29, 1.82) is 0 Å². The third-order valence-electron chi connectivity index (χ3n) is 5.03. The summed E-state index contributed by atoms with van der Waals surface area (Å²) in [6.07, 6.45) is 5.30. The standard InChI is InChI=1S/C18H30N2/c1-13-9-14(2)11-17(10-13)15(3)20(4)18-8-6-5-7-16(18)12-19/h9-11,15-16,18H,5-8,12,19H2,1-4H3. The fourth-order valence-corrected chi connectivity index (χ4v) is 3.77. The van der Waals surface area contributed by atoms with Crippen LogP contribution in [0.15, 0.2) is 18.2 Å². The lowest BCUT2D eigenvalue weighted by Gasteiger charge is -2.41. The van der Waals surface area contributed by atoms with Gasteiger partial charge in [0, 0.05) is 12.1 Å². The molecule has 112 valence electrons. The molecule has 1 saturated carbocycles. The summed E-state index contributed by atoms with van der Waals surface area (Å²) in [6.45, 7) is 7.53. The van der Waals surface area contributed by atoms with Gasteiger partial charge in [0.15, 0.2) is 0 Å². The Kier molecular flexibility index (Phi) is 5.22. The van der Waals surface area contributed by atoms with Crippen molar-refractivity contribution < 1.29 is 0 Å². The molecule has 1 aromatic rings. The zero-order valence-corrected chi connectivity index (χ0v) is 13.5. The van der Waals surface area contributed by atoms with E-state index in [1.165, 1.54) is 42.4 Å². The zero-order chi connectivity index (χ0) is 14.7. The van der Waals surface area contributed by atoms with Gasteiger partial charge in [0.05, 0.1) is 0 Å². The quantitative estimate of drug-likeness (QED) is 0.904. The first-order valence-electron chi connectivity index (χ1n) is 8.03. The summed E-state index contributed by atoms with van der Waals surface area (Å²) < 4.78 is 0. The lowest BCUT2D eigenvalue weighted by Crippen LogP contribution is -2.44. The van der Waals surface area contributed by atoms with Crippen molar-refractivity contribution >= 4 is 0 Å². The molecule has 1 aliphatic rings. The van der Waals surface area contributed by atoms with Gasteiger partial charge in [0.1, 0.15) is 0 Å². The maximum atomic E-state index is 5.99. The summed E-state index contributed by atoms with van der Waals surface area (Å²) in [4.78, 5) is 2.56. The number of rotatable bonds is 4. The van der Waals surface area contributed by atoms with Crippen molar-refractivity contribution in [2.24, 2.45) is 11.7 Å². The fraction of sp³-hybridized carbons (Fsp3) is 0.667. The number of hydrogen-bond donors (Lipinski definition) is 1. The minimum atomic E-state index is 0.464. The van der Waals surface area contributed by atoms with Crippen LogP contribution in [-0.2, 0) is 0 Å². The highest BCUT2D eigenvalue weighted by Crippen LogP contribution is 2.32. The average Bonchev–Trinajstić information content (AvgIpc) is 2.44. The Morgan fingerprint density at radius 1 is 1.15 bits per heavy atom. The molecule has 0 aliphatic heterocycles. The van der Waals surface area contributed by atoms with E-state index in [-0.39, 0.29) is 0 Å². The first-order chi connectivity index (χ1) is 9.52. The van der Waals surface area contributed by atoms with Crippen LogP contribution >= 0.6 is 0 Å². The molecule has 2 heteroatoms. The summed E-state index contributed by atoms with van der Waals surface area (Å²) in [7, 11) is 2.28. The first kappa shape index (κ1) is 15.5. The molecule has 0 saturated heterocycles. The number of benzene rings is 1. The van der Waals surface area contributed by atoms with Crippen molar-refractivity contribution in [3.05, 3.63) is 34.9 Å². The van der Waals surface area contributed by atoms with Gasteiger partial charge < -0.3 is 5.73 Å².